The lowest BCUT2D eigenvalue weighted by molar-refractivity contribution is 0.392. The van der Waals surface area contributed by atoms with Crippen LogP contribution in [-0.4, -0.2) is 38.5 Å². The van der Waals surface area contributed by atoms with Crippen molar-refractivity contribution < 1.29 is 4.39 Å². The summed E-state index contributed by atoms with van der Waals surface area (Å²) in [4.78, 5) is 6.19. The van der Waals surface area contributed by atoms with Gasteiger partial charge in [0.15, 0.2) is 5.96 Å². The smallest absolute Gasteiger partial charge is 0.191 e. The topological polar surface area (TPSA) is 39.7 Å². The van der Waals surface area contributed by atoms with Gasteiger partial charge in [-0.15, -0.1) is 24.0 Å². The number of hydrogen-bond acceptors (Lipinski definition) is 2. The first-order valence-corrected chi connectivity index (χ1v) is 8.49. The van der Waals surface area contributed by atoms with Gasteiger partial charge in [-0.2, -0.15) is 0 Å². The molecule has 4 nitrogen and oxygen atoms in total. The molecule has 0 unspecified atom stereocenters. The van der Waals surface area contributed by atoms with E-state index >= 15 is 0 Å². The predicted octanol–water partition coefficient (Wildman–Crippen LogP) is 3.41. The molecule has 0 aliphatic carbocycles. The van der Waals surface area contributed by atoms with E-state index in [4.69, 9.17) is 0 Å². The van der Waals surface area contributed by atoms with Gasteiger partial charge in [0.1, 0.15) is 5.82 Å². The molecule has 0 aliphatic heterocycles. The van der Waals surface area contributed by atoms with Crippen molar-refractivity contribution >= 4 is 29.9 Å². The first kappa shape index (κ1) is 22.4. The Morgan fingerprint density at radius 3 is 2.42 bits per heavy atom. The molecule has 0 aliphatic rings. The maximum Gasteiger partial charge on any atom is 0.191 e. The Kier molecular flexibility index (Phi) is 10.2. The minimum Gasteiger partial charge on any atom is -0.356 e. The number of benzene rings is 2. The Labute approximate surface area is 172 Å². The average Bonchev–Trinajstić information content (AvgIpc) is 2.61. The molecule has 2 aromatic rings. The molecule has 2 rings (SSSR count). The Balaban J connectivity index is 0.00000338. The van der Waals surface area contributed by atoms with E-state index in [0.717, 1.165) is 24.5 Å². The van der Waals surface area contributed by atoms with Crippen LogP contribution in [0.25, 0.3) is 0 Å². The highest BCUT2D eigenvalue weighted by Gasteiger charge is 2.06. The van der Waals surface area contributed by atoms with Gasteiger partial charge in [-0.3, -0.25) is 4.99 Å². The van der Waals surface area contributed by atoms with Crippen molar-refractivity contribution in [1.29, 1.82) is 0 Å². The molecule has 0 radical (unpaired) electrons. The number of halogens is 2. The summed E-state index contributed by atoms with van der Waals surface area (Å²) in [6.07, 6.45) is 0.936. The van der Waals surface area contributed by atoms with Crippen LogP contribution < -0.4 is 10.6 Å². The van der Waals surface area contributed by atoms with Crippen molar-refractivity contribution in [3.05, 3.63) is 71.0 Å². The van der Waals surface area contributed by atoms with Crippen LogP contribution in [0, 0.1) is 5.82 Å². The maximum atomic E-state index is 13.8. The van der Waals surface area contributed by atoms with Gasteiger partial charge in [-0.05, 0) is 43.8 Å². The first-order chi connectivity index (χ1) is 12.1. The van der Waals surface area contributed by atoms with Gasteiger partial charge < -0.3 is 15.5 Å². The monoisotopic (exact) mass is 470 g/mol. The minimum atomic E-state index is -0.164. The van der Waals surface area contributed by atoms with Crippen molar-refractivity contribution in [3.8, 4) is 0 Å². The fraction of sp³-hybridized carbons (Fsp3) is 0.350. The Morgan fingerprint density at radius 2 is 1.77 bits per heavy atom. The van der Waals surface area contributed by atoms with Crippen molar-refractivity contribution in [3.63, 3.8) is 0 Å². The summed E-state index contributed by atoms with van der Waals surface area (Å²) >= 11 is 0. The lowest BCUT2D eigenvalue weighted by atomic mass is 10.1. The Hall–Kier alpha value is -1.67. The van der Waals surface area contributed by atoms with Gasteiger partial charge in [0.2, 0.25) is 0 Å². The van der Waals surface area contributed by atoms with Gasteiger partial charge in [-0.25, -0.2) is 4.39 Å². The highest BCUT2D eigenvalue weighted by Crippen LogP contribution is 2.12. The highest BCUT2D eigenvalue weighted by molar-refractivity contribution is 14.0. The van der Waals surface area contributed by atoms with Crippen LogP contribution >= 0.6 is 24.0 Å². The van der Waals surface area contributed by atoms with Crippen molar-refractivity contribution in [2.24, 2.45) is 4.99 Å². The fourth-order valence-electron chi connectivity index (χ4n) is 2.58. The summed E-state index contributed by atoms with van der Waals surface area (Å²) in [7, 11) is 5.62. The zero-order valence-electron chi connectivity index (χ0n) is 15.6. The SMILES string of the molecule is CN=C(NCCc1ccccc1)NCc1ccc(F)c(CN(C)C)c1.I. The molecule has 26 heavy (non-hydrogen) atoms. The molecular formula is C20H28FIN4. The largest absolute Gasteiger partial charge is 0.356 e. The normalized spacial score (nSPS) is 11.2. The number of nitrogens with zero attached hydrogens (tertiary/aromatic N) is 2. The molecular weight excluding hydrogens is 442 g/mol. The van der Waals surface area contributed by atoms with E-state index in [1.807, 2.05) is 43.3 Å². The van der Waals surface area contributed by atoms with Crippen LogP contribution in [0.5, 0.6) is 0 Å². The molecule has 0 saturated carbocycles. The minimum absolute atomic E-state index is 0. The second-order valence-electron chi connectivity index (χ2n) is 6.25. The molecule has 0 atom stereocenters. The molecule has 0 amide bonds. The summed E-state index contributed by atoms with van der Waals surface area (Å²) < 4.78 is 13.8. The molecule has 0 heterocycles. The molecule has 0 saturated heterocycles. The van der Waals surface area contributed by atoms with E-state index in [1.165, 1.54) is 11.6 Å². The molecule has 0 aromatic heterocycles. The second kappa shape index (κ2) is 11.9. The maximum absolute atomic E-state index is 13.8. The van der Waals surface area contributed by atoms with E-state index < -0.39 is 0 Å². The van der Waals surface area contributed by atoms with Crippen LogP contribution in [0.4, 0.5) is 4.39 Å². The number of aliphatic imine (C=N–C) groups is 1. The van der Waals surface area contributed by atoms with Crippen molar-refractivity contribution in [2.45, 2.75) is 19.5 Å². The zero-order valence-corrected chi connectivity index (χ0v) is 18.0. The van der Waals surface area contributed by atoms with E-state index in [2.05, 4.69) is 27.8 Å². The summed E-state index contributed by atoms with van der Waals surface area (Å²) in [5.41, 5.74) is 3.03. The number of nitrogens with one attached hydrogen (secondary N) is 2. The number of rotatable bonds is 7. The molecule has 2 aromatic carbocycles. The van der Waals surface area contributed by atoms with E-state index in [9.17, 15) is 4.39 Å². The van der Waals surface area contributed by atoms with Gasteiger partial charge in [0.05, 0.1) is 0 Å². The van der Waals surface area contributed by atoms with Crippen LogP contribution in [0.3, 0.4) is 0 Å². The van der Waals surface area contributed by atoms with Gasteiger partial charge >= 0.3 is 0 Å². The molecule has 142 valence electrons. The van der Waals surface area contributed by atoms with Gasteiger partial charge in [0.25, 0.3) is 0 Å². The number of hydrogen-bond donors (Lipinski definition) is 2. The summed E-state index contributed by atoms with van der Waals surface area (Å²) in [5, 5.41) is 6.58. The van der Waals surface area contributed by atoms with Crippen LogP contribution in [0.2, 0.25) is 0 Å². The van der Waals surface area contributed by atoms with E-state index in [0.29, 0.717) is 18.7 Å². The first-order valence-electron chi connectivity index (χ1n) is 8.49. The summed E-state index contributed by atoms with van der Waals surface area (Å²) in [6, 6.07) is 15.6. The van der Waals surface area contributed by atoms with Crippen molar-refractivity contribution in [1.82, 2.24) is 15.5 Å². The predicted molar refractivity (Wildman–Crippen MR) is 118 cm³/mol. The summed E-state index contributed by atoms with van der Waals surface area (Å²) in [6.45, 7) is 1.99. The van der Waals surface area contributed by atoms with Gasteiger partial charge in [0, 0.05) is 32.2 Å². The van der Waals surface area contributed by atoms with E-state index in [-0.39, 0.29) is 29.8 Å². The lowest BCUT2D eigenvalue weighted by Gasteiger charge is -2.14. The Bertz CT molecular complexity index is 689. The fourth-order valence-corrected chi connectivity index (χ4v) is 2.58. The Morgan fingerprint density at radius 1 is 1.04 bits per heavy atom. The second-order valence-corrected chi connectivity index (χ2v) is 6.25. The third kappa shape index (κ3) is 7.70. The van der Waals surface area contributed by atoms with Crippen LogP contribution in [0.1, 0.15) is 16.7 Å². The third-order valence-corrected chi connectivity index (χ3v) is 3.83. The van der Waals surface area contributed by atoms with Gasteiger partial charge in [-0.1, -0.05) is 36.4 Å². The number of guanidine groups is 1. The molecule has 2 N–H and O–H groups in total. The highest BCUT2D eigenvalue weighted by atomic mass is 127. The zero-order chi connectivity index (χ0) is 18.1. The quantitative estimate of drug-likeness (QED) is 0.370. The van der Waals surface area contributed by atoms with Crippen LogP contribution in [-0.2, 0) is 19.5 Å². The van der Waals surface area contributed by atoms with Crippen LogP contribution in [0.15, 0.2) is 53.5 Å². The molecule has 0 bridgehead atoms. The summed E-state index contributed by atoms with van der Waals surface area (Å²) in [5.74, 6) is 0.581. The molecule has 6 heteroatoms. The lowest BCUT2D eigenvalue weighted by Crippen LogP contribution is -2.37. The standard InChI is InChI=1S/C20H27FN4.HI/c1-22-20(23-12-11-16-7-5-4-6-8-16)24-14-17-9-10-19(21)18(13-17)15-25(2)3;/h4-10,13H,11-12,14-15H2,1-3H3,(H2,22,23,24);1H. The van der Waals surface area contributed by atoms with Crippen molar-refractivity contribution in [2.75, 3.05) is 27.7 Å². The average molecular weight is 470 g/mol. The van der Waals surface area contributed by atoms with E-state index in [1.54, 1.807) is 13.1 Å². The third-order valence-electron chi connectivity index (χ3n) is 3.83. The molecule has 0 spiro atoms. The molecule has 0 fully saturated rings.